The number of aryl methyl sites for hydroxylation is 1. The Bertz CT molecular complexity index is 1100. The number of halogens is 1. The number of rotatable bonds is 10. The Hall–Kier alpha value is -3.27. The summed E-state index contributed by atoms with van der Waals surface area (Å²) in [6.07, 6.45) is 6.36. The molecule has 2 aromatic heterocycles. The number of aromatic nitrogens is 6. The van der Waals surface area contributed by atoms with Gasteiger partial charge in [0.25, 0.3) is 0 Å². The number of tetrazole rings is 1. The van der Waals surface area contributed by atoms with Crippen LogP contribution in [0.4, 0.5) is 5.95 Å². The van der Waals surface area contributed by atoms with E-state index in [1.807, 2.05) is 24.3 Å². The van der Waals surface area contributed by atoms with Crippen LogP contribution >= 0.6 is 11.6 Å². The Kier molecular flexibility index (Phi) is 8.12. The fourth-order valence-electron chi connectivity index (χ4n) is 4.60. The molecule has 0 spiro atoms. The Labute approximate surface area is 209 Å². The summed E-state index contributed by atoms with van der Waals surface area (Å²) in [6, 6.07) is 7.53. The fourth-order valence-corrected chi connectivity index (χ4v) is 4.69. The van der Waals surface area contributed by atoms with Crippen molar-refractivity contribution in [2.45, 2.75) is 38.5 Å². The highest BCUT2D eigenvalue weighted by atomic mass is 35.5. The third-order valence-electron chi connectivity index (χ3n) is 6.70. The zero-order valence-electron chi connectivity index (χ0n) is 19.9. The van der Waals surface area contributed by atoms with Gasteiger partial charge in [0.15, 0.2) is 5.82 Å². The molecule has 35 heavy (non-hydrogen) atoms. The highest BCUT2D eigenvalue weighted by molar-refractivity contribution is 6.30. The molecule has 3 aromatic rings. The summed E-state index contributed by atoms with van der Waals surface area (Å²) >= 11 is 5.89. The van der Waals surface area contributed by atoms with Crippen molar-refractivity contribution < 1.29 is 14.6 Å². The van der Waals surface area contributed by atoms with Crippen LogP contribution in [0.15, 0.2) is 36.7 Å². The van der Waals surface area contributed by atoms with Gasteiger partial charge in [-0.15, -0.1) is 5.10 Å². The third-order valence-corrected chi connectivity index (χ3v) is 6.90. The average Bonchev–Trinajstić information content (AvgIpc) is 3.29. The summed E-state index contributed by atoms with van der Waals surface area (Å²) in [5.41, 5.74) is 0.836. The van der Waals surface area contributed by atoms with Crippen molar-refractivity contribution in [3.63, 3.8) is 0 Å². The summed E-state index contributed by atoms with van der Waals surface area (Å²) in [6.45, 7) is 4.80. The van der Waals surface area contributed by atoms with E-state index in [1.165, 1.54) is 4.68 Å². The number of benzene rings is 1. The Balaban J connectivity index is 1.25. The van der Waals surface area contributed by atoms with E-state index >= 15 is 0 Å². The number of ether oxygens (including phenoxy) is 1. The van der Waals surface area contributed by atoms with Gasteiger partial charge < -0.3 is 14.7 Å². The van der Waals surface area contributed by atoms with E-state index in [9.17, 15) is 9.90 Å². The highest BCUT2D eigenvalue weighted by Gasteiger charge is 2.25. The van der Waals surface area contributed by atoms with E-state index in [0.29, 0.717) is 29.3 Å². The third kappa shape index (κ3) is 6.45. The number of hydrogen-bond acceptors (Lipinski definition) is 8. The molecule has 11 heteroatoms. The Morgan fingerprint density at radius 1 is 1.20 bits per heavy atom. The lowest BCUT2D eigenvalue weighted by Crippen LogP contribution is -2.36. The van der Waals surface area contributed by atoms with Crippen LogP contribution in [-0.2, 0) is 11.8 Å². The van der Waals surface area contributed by atoms with Crippen molar-refractivity contribution in [3.8, 4) is 5.75 Å². The van der Waals surface area contributed by atoms with E-state index in [1.54, 1.807) is 19.4 Å². The molecule has 1 aliphatic heterocycles. The van der Waals surface area contributed by atoms with Crippen LogP contribution in [0.25, 0.3) is 0 Å². The van der Waals surface area contributed by atoms with Gasteiger partial charge in [-0.3, -0.25) is 4.79 Å². The number of carboxylic acid groups (broad SMARTS) is 1. The lowest BCUT2D eigenvalue weighted by atomic mass is 9.84. The maximum Gasteiger partial charge on any atom is 0.304 e. The van der Waals surface area contributed by atoms with Crippen LogP contribution in [0.1, 0.15) is 49.9 Å². The molecule has 0 unspecified atom stereocenters. The molecule has 1 N–H and O–H groups in total. The molecule has 4 rings (SSSR count). The predicted molar refractivity (Wildman–Crippen MR) is 131 cm³/mol. The van der Waals surface area contributed by atoms with E-state index in [2.05, 4.69) is 37.3 Å². The van der Waals surface area contributed by atoms with E-state index in [-0.39, 0.29) is 6.42 Å². The number of hydrogen-bond donors (Lipinski definition) is 1. The van der Waals surface area contributed by atoms with Crippen LogP contribution < -0.4 is 9.64 Å². The van der Waals surface area contributed by atoms with E-state index in [4.69, 9.17) is 16.3 Å². The standard InChI is InChI=1S/C24H30ClN7O3/c1-16(17-7-10-32(11-8-17)24-26-14-19(25)15-27-24)9-12-35-20-5-3-18(4-6-20)21(13-22(33)34)23-28-29-30-31(23)2/h3-6,14-17,21H,7-13H2,1-2H3,(H,33,34)/t16-,21+/m1/s1. The molecule has 0 aliphatic carbocycles. The smallest absolute Gasteiger partial charge is 0.304 e. The van der Waals surface area contributed by atoms with Gasteiger partial charge in [-0.1, -0.05) is 30.7 Å². The molecule has 0 amide bonds. The molecule has 2 atom stereocenters. The second-order valence-corrected chi connectivity index (χ2v) is 9.46. The maximum absolute atomic E-state index is 11.4. The SMILES string of the molecule is C[C@H](CCOc1ccc([C@H](CC(=O)O)c2nnnn2C)cc1)C1CCN(c2ncc(Cl)cn2)CC1. The monoisotopic (exact) mass is 499 g/mol. The highest BCUT2D eigenvalue weighted by Crippen LogP contribution is 2.30. The summed E-state index contributed by atoms with van der Waals surface area (Å²) in [5, 5.41) is 21.4. The van der Waals surface area contributed by atoms with Crippen LogP contribution in [-0.4, -0.2) is 60.9 Å². The molecule has 1 aromatic carbocycles. The zero-order chi connectivity index (χ0) is 24.8. The molecule has 1 saturated heterocycles. The number of carboxylic acids is 1. The largest absolute Gasteiger partial charge is 0.494 e. The number of anilines is 1. The predicted octanol–water partition coefficient (Wildman–Crippen LogP) is 3.58. The van der Waals surface area contributed by atoms with Crippen molar-refractivity contribution >= 4 is 23.5 Å². The zero-order valence-corrected chi connectivity index (χ0v) is 20.7. The minimum atomic E-state index is -0.904. The van der Waals surface area contributed by atoms with Gasteiger partial charge in [-0.2, -0.15) is 0 Å². The Morgan fingerprint density at radius 3 is 2.49 bits per heavy atom. The van der Waals surface area contributed by atoms with Gasteiger partial charge in [-0.05, 0) is 59.2 Å². The van der Waals surface area contributed by atoms with Crippen LogP contribution in [0, 0.1) is 11.8 Å². The quantitative estimate of drug-likeness (QED) is 0.446. The minimum absolute atomic E-state index is 0.0884. The van der Waals surface area contributed by atoms with Crippen molar-refractivity contribution in [1.29, 1.82) is 0 Å². The average molecular weight is 500 g/mol. The number of piperidine rings is 1. The molecule has 0 bridgehead atoms. The molecule has 10 nitrogen and oxygen atoms in total. The first-order valence-corrected chi connectivity index (χ1v) is 12.2. The minimum Gasteiger partial charge on any atom is -0.494 e. The van der Waals surface area contributed by atoms with Crippen LogP contribution in [0.2, 0.25) is 5.02 Å². The first-order valence-electron chi connectivity index (χ1n) is 11.8. The van der Waals surface area contributed by atoms with Gasteiger partial charge in [0.1, 0.15) is 5.75 Å². The molecular weight excluding hydrogens is 470 g/mol. The van der Waals surface area contributed by atoms with Crippen LogP contribution in [0.5, 0.6) is 5.75 Å². The van der Waals surface area contributed by atoms with Crippen molar-refractivity contribution in [2.24, 2.45) is 18.9 Å². The van der Waals surface area contributed by atoms with Crippen LogP contribution in [0.3, 0.4) is 0 Å². The van der Waals surface area contributed by atoms with Crippen molar-refractivity contribution in [1.82, 2.24) is 30.2 Å². The summed E-state index contributed by atoms with van der Waals surface area (Å²) in [7, 11) is 1.71. The normalized spacial score (nSPS) is 16.1. The Morgan fingerprint density at radius 2 is 1.89 bits per heavy atom. The second-order valence-electron chi connectivity index (χ2n) is 9.02. The van der Waals surface area contributed by atoms with Crippen molar-refractivity contribution in [3.05, 3.63) is 53.1 Å². The molecular formula is C24H30ClN7O3. The maximum atomic E-state index is 11.4. The first-order chi connectivity index (χ1) is 16.9. The molecule has 186 valence electrons. The van der Waals surface area contributed by atoms with Gasteiger partial charge >= 0.3 is 5.97 Å². The second kappa shape index (κ2) is 11.4. The van der Waals surface area contributed by atoms with E-state index in [0.717, 1.165) is 49.6 Å². The van der Waals surface area contributed by atoms with Gasteiger partial charge in [-0.25, -0.2) is 14.6 Å². The van der Waals surface area contributed by atoms with Gasteiger partial charge in [0.05, 0.1) is 36.4 Å². The molecule has 0 radical (unpaired) electrons. The lowest BCUT2D eigenvalue weighted by molar-refractivity contribution is -0.137. The summed E-state index contributed by atoms with van der Waals surface area (Å²) in [5.74, 6) is 1.88. The number of nitrogens with zero attached hydrogens (tertiary/aromatic N) is 7. The number of aliphatic carboxylic acids is 1. The lowest BCUT2D eigenvalue weighted by Gasteiger charge is -2.34. The van der Waals surface area contributed by atoms with Crippen molar-refractivity contribution in [2.75, 3.05) is 24.6 Å². The summed E-state index contributed by atoms with van der Waals surface area (Å²) in [4.78, 5) is 22.2. The van der Waals surface area contributed by atoms with Gasteiger partial charge in [0.2, 0.25) is 5.95 Å². The summed E-state index contributed by atoms with van der Waals surface area (Å²) < 4.78 is 7.50. The van der Waals surface area contributed by atoms with Gasteiger partial charge in [0, 0.05) is 20.1 Å². The molecule has 1 fully saturated rings. The van der Waals surface area contributed by atoms with E-state index < -0.39 is 11.9 Å². The molecule has 1 aliphatic rings. The topological polar surface area (TPSA) is 119 Å². The number of carbonyl (C=O) groups is 1. The molecule has 3 heterocycles. The fraction of sp³-hybridized carbons (Fsp3) is 0.500. The first kappa shape index (κ1) is 24.8. The molecule has 0 saturated carbocycles.